The van der Waals surface area contributed by atoms with Gasteiger partial charge in [0.1, 0.15) is 0 Å². The van der Waals surface area contributed by atoms with Crippen molar-refractivity contribution in [2.24, 2.45) is 0 Å². The molecule has 0 saturated heterocycles. The van der Waals surface area contributed by atoms with E-state index in [0.29, 0.717) is 17.5 Å². The van der Waals surface area contributed by atoms with Gasteiger partial charge >= 0.3 is 0 Å². The molecule has 2 aromatic heterocycles. The fraction of sp³-hybridized carbons (Fsp3) is 0. The first-order chi connectivity index (χ1) is 28.2. The molecule has 0 spiro atoms. The second-order valence-electron chi connectivity index (χ2n) is 14.5. The summed E-state index contributed by atoms with van der Waals surface area (Å²) in [7, 11) is 0. The van der Waals surface area contributed by atoms with E-state index < -0.39 is 0 Å². The lowest BCUT2D eigenvalue weighted by molar-refractivity contribution is 1.07. The van der Waals surface area contributed by atoms with E-state index in [4.69, 9.17) is 15.0 Å². The van der Waals surface area contributed by atoms with Crippen LogP contribution in [-0.2, 0) is 0 Å². The van der Waals surface area contributed by atoms with Crippen molar-refractivity contribution < 1.29 is 0 Å². The molecule has 266 valence electrons. The van der Waals surface area contributed by atoms with E-state index in [1.807, 2.05) is 36.4 Å². The van der Waals surface area contributed by atoms with Gasteiger partial charge < -0.3 is 4.57 Å². The van der Waals surface area contributed by atoms with Crippen molar-refractivity contribution in [1.82, 2.24) is 19.5 Å². The molecule has 0 amide bonds. The maximum Gasteiger partial charge on any atom is 0.164 e. The van der Waals surface area contributed by atoms with Crippen LogP contribution in [0.3, 0.4) is 0 Å². The second kappa shape index (κ2) is 13.6. The first-order valence-corrected chi connectivity index (χ1v) is 19.3. The summed E-state index contributed by atoms with van der Waals surface area (Å²) in [5.74, 6) is 1.90. The number of fused-ring (bicyclic) bond motifs is 6. The van der Waals surface area contributed by atoms with Crippen LogP contribution >= 0.6 is 0 Å². The van der Waals surface area contributed by atoms with E-state index in [2.05, 4.69) is 174 Å². The average Bonchev–Trinajstić information content (AvgIpc) is 3.63. The van der Waals surface area contributed by atoms with E-state index in [1.54, 1.807) is 0 Å². The lowest BCUT2D eigenvalue weighted by atomic mass is 10.00. The molecule has 4 nitrogen and oxygen atoms in total. The summed E-state index contributed by atoms with van der Waals surface area (Å²) in [6, 6.07) is 73.0. The standard InChI is InChI=1S/C53H34N4/c1-3-12-35(13-4-1)41-19-11-20-44(33-41)53-55-51(38-16-5-2-6-17-38)54-52(56-53)39-24-28-45(29-25-39)57-49-34-43(42-23-22-36-14-7-8-18-40(36)32-42)27-30-47(49)48-31-26-37-15-9-10-21-46(37)50(48)57/h1-34H. The normalized spacial score (nSPS) is 11.5. The molecule has 0 aliphatic carbocycles. The van der Waals surface area contributed by atoms with Crippen molar-refractivity contribution >= 4 is 43.4 Å². The number of nitrogens with zero attached hydrogens (tertiary/aromatic N) is 4. The summed E-state index contributed by atoms with van der Waals surface area (Å²) in [6.45, 7) is 0. The lowest BCUT2D eigenvalue weighted by Crippen LogP contribution is -2.01. The van der Waals surface area contributed by atoms with Crippen LogP contribution in [0.4, 0.5) is 0 Å². The first-order valence-electron chi connectivity index (χ1n) is 19.3. The minimum absolute atomic E-state index is 0.627. The van der Waals surface area contributed by atoms with Crippen LogP contribution in [-0.4, -0.2) is 19.5 Å². The van der Waals surface area contributed by atoms with E-state index in [9.17, 15) is 0 Å². The molecule has 0 radical (unpaired) electrons. The molecule has 0 N–H and O–H groups in total. The van der Waals surface area contributed by atoms with Crippen molar-refractivity contribution in [1.29, 1.82) is 0 Å². The highest BCUT2D eigenvalue weighted by Crippen LogP contribution is 2.39. The fourth-order valence-electron chi connectivity index (χ4n) is 8.17. The zero-order chi connectivity index (χ0) is 37.7. The summed E-state index contributed by atoms with van der Waals surface area (Å²) in [4.78, 5) is 15.2. The van der Waals surface area contributed by atoms with Crippen molar-refractivity contribution in [3.05, 3.63) is 206 Å². The van der Waals surface area contributed by atoms with Crippen molar-refractivity contribution in [2.45, 2.75) is 0 Å². The third-order valence-electron chi connectivity index (χ3n) is 11.0. The topological polar surface area (TPSA) is 43.6 Å². The highest BCUT2D eigenvalue weighted by atomic mass is 15.0. The largest absolute Gasteiger partial charge is 0.309 e. The third-order valence-corrected chi connectivity index (χ3v) is 11.0. The Morgan fingerprint density at radius 3 is 1.56 bits per heavy atom. The van der Waals surface area contributed by atoms with Gasteiger partial charge in [0.15, 0.2) is 17.5 Å². The summed E-state index contributed by atoms with van der Waals surface area (Å²) in [5, 5.41) is 7.35. The molecule has 57 heavy (non-hydrogen) atoms. The van der Waals surface area contributed by atoms with Gasteiger partial charge in [-0.05, 0) is 80.9 Å². The molecule has 0 fully saturated rings. The van der Waals surface area contributed by atoms with Gasteiger partial charge in [-0.25, -0.2) is 15.0 Å². The predicted molar refractivity (Wildman–Crippen MR) is 236 cm³/mol. The Kier molecular flexibility index (Phi) is 7.78. The van der Waals surface area contributed by atoms with Gasteiger partial charge in [-0.3, -0.25) is 0 Å². The van der Waals surface area contributed by atoms with Crippen LogP contribution in [0.2, 0.25) is 0 Å². The summed E-state index contributed by atoms with van der Waals surface area (Å²) in [6.07, 6.45) is 0. The molecule has 0 aliphatic heterocycles. The number of aromatic nitrogens is 4. The van der Waals surface area contributed by atoms with Crippen molar-refractivity contribution in [3.8, 4) is 62.1 Å². The molecule has 2 heterocycles. The molecule has 0 unspecified atom stereocenters. The van der Waals surface area contributed by atoms with E-state index in [0.717, 1.165) is 39.0 Å². The monoisotopic (exact) mass is 726 g/mol. The quantitative estimate of drug-likeness (QED) is 0.171. The van der Waals surface area contributed by atoms with Crippen LogP contribution in [0.25, 0.3) is 105 Å². The van der Waals surface area contributed by atoms with E-state index >= 15 is 0 Å². The highest BCUT2D eigenvalue weighted by Gasteiger charge is 2.18. The smallest absolute Gasteiger partial charge is 0.164 e. The van der Waals surface area contributed by atoms with Crippen molar-refractivity contribution in [2.75, 3.05) is 0 Å². The van der Waals surface area contributed by atoms with Gasteiger partial charge in [0, 0.05) is 38.5 Å². The van der Waals surface area contributed by atoms with Gasteiger partial charge in [0.2, 0.25) is 0 Å². The van der Waals surface area contributed by atoms with Gasteiger partial charge in [-0.1, -0.05) is 164 Å². The second-order valence-corrected chi connectivity index (χ2v) is 14.5. The Labute approximate surface area is 330 Å². The Hall–Kier alpha value is -7.69. The van der Waals surface area contributed by atoms with Crippen LogP contribution in [0.1, 0.15) is 0 Å². The molecule has 0 saturated carbocycles. The average molecular weight is 727 g/mol. The van der Waals surface area contributed by atoms with Crippen molar-refractivity contribution in [3.63, 3.8) is 0 Å². The summed E-state index contributed by atoms with van der Waals surface area (Å²) >= 11 is 0. The molecular weight excluding hydrogens is 693 g/mol. The SMILES string of the molecule is c1ccc(-c2cccc(-c3nc(-c4ccccc4)nc(-c4ccc(-n5c6cc(-c7ccc8ccccc8c7)ccc6c6ccc7ccccc7c65)cc4)n3)c2)cc1. The van der Waals surface area contributed by atoms with E-state index in [-0.39, 0.29) is 0 Å². The molecule has 4 heteroatoms. The summed E-state index contributed by atoms with van der Waals surface area (Å²) in [5.41, 5.74) is 10.9. The summed E-state index contributed by atoms with van der Waals surface area (Å²) < 4.78 is 2.42. The zero-order valence-corrected chi connectivity index (χ0v) is 30.9. The number of benzene rings is 9. The van der Waals surface area contributed by atoms with Crippen LogP contribution in [0.15, 0.2) is 206 Å². The number of hydrogen-bond acceptors (Lipinski definition) is 3. The highest BCUT2D eigenvalue weighted by molar-refractivity contribution is 6.19. The van der Waals surface area contributed by atoms with Gasteiger partial charge in [-0.2, -0.15) is 0 Å². The molecule has 11 rings (SSSR count). The third kappa shape index (κ3) is 5.83. The predicted octanol–water partition coefficient (Wildman–Crippen LogP) is 13.6. The Bertz CT molecular complexity index is 3280. The Morgan fingerprint density at radius 2 is 0.789 bits per heavy atom. The molecule has 0 bridgehead atoms. The molecule has 9 aromatic carbocycles. The molecular formula is C53H34N4. The van der Waals surface area contributed by atoms with Gasteiger partial charge in [-0.15, -0.1) is 0 Å². The molecule has 11 aromatic rings. The van der Waals surface area contributed by atoms with Crippen LogP contribution in [0, 0.1) is 0 Å². The number of hydrogen-bond donors (Lipinski definition) is 0. The van der Waals surface area contributed by atoms with Crippen LogP contribution < -0.4 is 0 Å². The van der Waals surface area contributed by atoms with Crippen LogP contribution in [0.5, 0.6) is 0 Å². The maximum absolute atomic E-state index is 5.11. The Balaban J connectivity index is 1.07. The van der Waals surface area contributed by atoms with E-state index in [1.165, 1.54) is 49.0 Å². The number of rotatable bonds is 6. The zero-order valence-electron chi connectivity index (χ0n) is 30.9. The molecule has 0 atom stereocenters. The molecule has 0 aliphatic rings. The minimum atomic E-state index is 0.627. The Morgan fingerprint density at radius 1 is 0.281 bits per heavy atom. The lowest BCUT2D eigenvalue weighted by Gasteiger charge is -2.12. The van der Waals surface area contributed by atoms with Gasteiger partial charge in [0.05, 0.1) is 11.0 Å². The minimum Gasteiger partial charge on any atom is -0.309 e. The van der Waals surface area contributed by atoms with Gasteiger partial charge in [0.25, 0.3) is 0 Å². The maximum atomic E-state index is 5.11. The fourth-order valence-corrected chi connectivity index (χ4v) is 8.17. The first kappa shape index (κ1) is 32.7.